The third-order valence-corrected chi connectivity index (χ3v) is 1.51. The summed E-state index contributed by atoms with van der Waals surface area (Å²) in [5, 5.41) is 0. The van der Waals surface area contributed by atoms with Crippen LogP contribution in [0.1, 0.15) is 13.8 Å². The molecule has 0 aromatic heterocycles. The molecule has 0 aromatic rings. The maximum atomic E-state index is 10.6. The van der Waals surface area contributed by atoms with Crippen molar-refractivity contribution in [1.82, 2.24) is 0 Å². The van der Waals surface area contributed by atoms with E-state index >= 15 is 0 Å². The van der Waals surface area contributed by atoms with E-state index in [2.05, 4.69) is 20.7 Å². The first kappa shape index (κ1) is 8.69. The van der Waals surface area contributed by atoms with Crippen LogP contribution in [0.3, 0.4) is 0 Å². The van der Waals surface area contributed by atoms with Gasteiger partial charge in [0.15, 0.2) is 0 Å². The van der Waals surface area contributed by atoms with Gasteiger partial charge in [0.1, 0.15) is 0 Å². The Morgan fingerprint density at radius 1 is 1.78 bits per heavy atom. The average Bonchev–Trinajstić information content (AvgIpc) is 1.87. The molecular formula is C6H9BrO2. The van der Waals surface area contributed by atoms with Gasteiger partial charge in [-0.05, 0) is 29.8 Å². The van der Waals surface area contributed by atoms with Crippen molar-refractivity contribution in [1.29, 1.82) is 0 Å². The molecule has 2 nitrogen and oxygen atoms in total. The van der Waals surface area contributed by atoms with Crippen molar-refractivity contribution in [3.8, 4) is 0 Å². The van der Waals surface area contributed by atoms with Crippen molar-refractivity contribution in [2.75, 3.05) is 6.61 Å². The van der Waals surface area contributed by atoms with Crippen LogP contribution in [-0.4, -0.2) is 12.6 Å². The van der Waals surface area contributed by atoms with Crippen LogP contribution >= 0.6 is 15.9 Å². The van der Waals surface area contributed by atoms with Gasteiger partial charge in [-0.2, -0.15) is 0 Å². The third kappa shape index (κ3) is 3.30. The van der Waals surface area contributed by atoms with Gasteiger partial charge in [0.2, 0.25) is 0 Å². The molecule has 0 amide bonds. The molecule has 0 aliphatic heterocycles. The van der Waals surface area contributed by atoms with Gasteiger partial charge < -0.3 is 4.74 Å². The predicted octanol–water partition coefficient (Wildman–Crippen LogP) is 1.85. The smallest absolute Gasteiger partial charge is 0.344 e. The zero-order valence-electron chi connectivity index (χ0n) is 5.48. The van der Waals surface area contributed by atoms with Crippen LogP contribution in [0.25, 0.3) is 0 Å². The van der Waals surface area contributed by atoms with Crippen LogP contribution in [0.4, 0.5) is 0 Å². The Morgan fingerprint density at radius 3 is 2.67 bits per heavy atom. The molecule has 0 atom stereocenters. The van der Waals surface area contributed by atoms with Crippen molar-refractivity contribution in [3.63, 3.8) is 0 Å². The first-order valence-corrected chi connectivity index (χ1v) is 3.50. The second kappa shape index (κ2) is 4.56. The number of rotatable bonds is 2. The Labute approximate surface area is 63.0 Å². The van der Waals surface area contributed by atoms with Gasteiger partial charge in [-0.3, -0.25) is 0 Å². The van der Waals surface area contributed by atoms with Crippen LogP contribution in [0, 0.1) is 0 Å². The van der Waals surface area contributed by atoms with Crippen molar-refractivity contribution in [3.05, 3.63) is 10.6 Å². The van der Waals surface area contributed by atoms with Crippen LogP contribution < -0.4 is 0 Å². The molecule has 0 saturated carbocycles. The molecule has 52 valence electrons. The topological polar surface area (TPSA) is 26.3 Å². The normalized spacial score (nSPS) is 11.2. The lowest BCUT2D eigenvalue weighted by Crippen LogP contribution is -2.02. The number of carbonyl (C=O) groups excluding carboxylic acids is 1. The molecular weight excluding hydrogens is 184 g/mol. The molecule has 0 radical (unpaired) electrons. The highest BCUT2D eigenvalue weighted by molar-refractivity contribution is 9.12. The largest absolute Gasteiger partial charge is 0.462 e. The zero-order valence-corrected chi connectivity index (χ0v) is 7.06. The molecule has 0 unspecified atom stereocenters. The molecule has 0 bridgehead atoms. The van der Waals surface area contributed by atoms with E-state index in [4.69, 9.17) is 0 Å². The summed E-state index contributed by atoms with van der Waals surface area (Å²) in [7, 11) is 0. The quantitative estimate of drug-likeness (QED) is 0.494. The van der Waals surface area contributed by atoms with Crippen molar-refractivity contribution in [2.45, 2.75) is 13.8 Å². The summed E-state index contributed by atoms with van der Waals surface area (Å²) in [4.78, 5) is 10.6. The molecule has 9 heavy (non-hydrogen) atoms. The van der Waals surface area contributed by atoms with Crippen molar-refractivity contribution >= 4 is 21.9 Å². The van der Waals surface area contributed by atoms with Crippen molar-refractivity contribution < 1.29 is 9.53 Å². The summed E-state index contributed by atoms with van der Waals surface area (Å²) in [5.41, 5.74) is 0. The molecule has 0 heterocycles. The first-order valence-electron chi connectivity index (χ1n) is 2.71. The molecule has 0 fully saturated rings. The van der Waals surface area contributed by atoms with Gasteiger partial charge in [-0.25, -0.2) is 4.79 Å². The van der Waals surface area contributed by atoms with E-state index in [1.807, 2.05) is 0 Å². The highest BCUT2D eigenvalue weighted by atomic mass is 79.9. The van der Waals surface area contributed by atoms with Crippen LogP contribution in [0.5, 0.6) is 0 Å². The number of ether oxygens (including phenoxy) is 1. The van der Waals surface area contributed by atoms with Gasteiger partial charge in [-0.1, -0.05) is 6.08 Å². The van der Waals surface area contributed by atoms with Gasteiger partial charge >= 0.3 is 5.97 Å². The number of hydrogen-bond acceptors (Lipinski definition) is 2. The maximum Gasteiger partial charge on any atom is 0.344 e. The summed E-state index contributed by atoms with van der Waals surface area (Å²) in [5.74, 6) is -0.306. The van der Waals surface area contributed by atoms with Gasteiger partial charge in [0, 0.05) is 0 Å². The summed E-state index contributed by atoms with van der Waals surface area (Å²) < 4.78 is 5.12. The molecule has 0 N–H and O–H groups in total. The lowest BCUT2D eigenvalue weighted by molar-refractivity contribution is -0.137. The minimum Gasteiger partial charge on any atom is -0.462 e. The molecule has 0 aliphatic carbocycles. The highest BCUT2D eigenvalue weighted by Gasteiger charge is 2.02. The molecule has 0 rings (SSSR count). The summed E-state index contributed by atoms with van der Waals surface area (Å²) in [6.45, 7) is 3.95. The molecule has 0 aromatic carbocycles. The van der Waals surface area contributed by atoms with E-state index in [1.165, 1.54) is 0 Å². The van der Waals surface area contributed by atoms with E-state index in [1.54, 1.807) is 19.9 Å². The minimum atomic E-state index is -0.306. The SMILES string of the molecule is C/C=C(/Br)C(=O)OCC. The van der Waals surface area contributed by atoms with Gasteiger partial charge in [0.05, 0.1) is 11.1 Å². The second-order valence-electron chi connectivity index (χ2n) is 1.36. The van der Waals surface area contributed by atoms with Gasteiger partial charge in [-0.15, -0.1) is 0 Å². The number of esters is 1. The fourth-order valence-corrected chi connectivity index (χ4v) is 0.432. The fraction of sp³-hybridized carbons (Fsp3) is 0.500. The van der Waals surface area contributed by atoms with Crippen LogP contribution in [0.2, 0.25) is 0 Å². The minimum absolute atomic E-state index is 0.306. The third-order valence-electron chi connectivity index (χ3n) is 0.724. The number of allylic oxidation sites excluding steroid dienone is 1. The summed E-state index contributed by atoms with van der Waals surface area (Å²) >= 11 is 3.03. The molecule has 3 heteroatoms. The predicted molar refractivity (Wildman–Crippen MR) is 39.3 cm³/mol. The van der Waals surface area contributed by atoms with Crippen LogP contribution in [0.15, 0.2) is 10.6 Å². The lowest BCUT2D eigenvalue weighted by Gasteiger charge is -1.96. The number of carbonyl (C=O) groups is 1. The van der Waals surface area contributed by atoms with E-state index in [0.717, 1.165) is 0 Å². The Hall–Kier alpha value is -0.310. The van der Waals surface area contributed by atoms with E-state index in [0.29, 0.717) is 11.1 Å². The average molecular weight is 193 g/mol. The van der Waals surface area contributed by atoms with E-state index in [-0.39, 0.29) is 5.97 Å². The number of hydrogen-bond donors (Lipinski definition) is 0. The van der Waals surface area contributed by atoms with E-state index < -0.39 is 0 Å². The Balaban J connectivity index is 3.74. The summed E-state index contributed by atoms with van der Waals surface area (Å²) in [6, 6.07) is 0. The molecule has 0 aliphatic rings. The number of halogens is 1. The molecule has 0 spiro atoms. The Bertz CT molecular complexity index is 129. The van der Waals surface area contributed by atoms with Gasteiger partial charge in [0.25, 0.3) is 0 Å². The van der Waals surface area contributed by atoms with E-state index in [9.17, 15) is 4.79 Å². The standard InChI is InChI=1S/C6H9BrO2/c1-3-5(7)6(8)9-4-2/h3H,4H2,1-2H3/b5-3+. The highest BCUT2D eigenvalue weighted by Crippen LogP contribution is 2.05. The molecule has 0 saturated heterocycles. The monoisotopic (exact) mass is 192 g/mol. The first-order chi connectivity index (χ1) is 4.22. The van der Waals surface area contributed by atoms with Crippen LogP contribution in [-0.2, 0) is 9.53 Å². The second-order valence-corrected chi connectivity index (χ2v) is 2.21. The Kier molecular flexibility index (Phi) is 4.40. The lowest BCUT2D eigenvalue weighted by atomic mass is 10.5. The maximum absolute atomic E-state index is 10.6. The Morgan fingerprint density at radius 2 is 2.33 bits per heavy atom. The fourth-order valence-electron chi connectivity index (χ4n) is 0.318. The van der Waals surface area contributed by atoms with Crippen molar-refractivity contribution in [2.24, 2.45) is 0 Å². The summed E-state index contributed by atoms with van der Waals surface area (Å²) in [6.07, 6.45) is 1.65. The zero-order chi connectivity index (χ0) is 7.28.